The quantitative estimate of drug-likeness (QED) is 0.0649. The van der Waals surface area contributed by atoms with Gasteiger partial charge in [0.2, 0.25) is 0 Å². The number of anilines is 3. The van der Waals surface area contributed by atoms with Gasteiger partial charge in [0.05, 0.1) is 0 Å². The van der Waals surface area contributed by atoms with E-state index in [1.165, 1.54) is 171 Å². The molecule has 10 aromatic rings. The van der Waals surface area contributed by atoms with E-state index in [2.05, 4.69) is 232 Å². The van der Waals surface area contributed by atoms with Crippen LogP contribution in [0.15, 0.2) is 206 Å². The second-order valence-electron chi connectivity index (χ2n) is 20.2. The summed E-state index contributed by atoms with van der Waals surface area (Å²) in [6.07, 6.45) is 17.7. The number of rotatable bonds is 21. The number of unbranched alkanes of at least 4 members (excludes halogenated alkanes) is 10. The van der Waals surface area contributed by atoms with Gasteiger partial charge in [0.15, 0.2) is 0 Å². The van der Waals surface area contributed by atoms with Crippen molar-refractivity contribution in [2.75, 3.05) is 4.90 Å². The van der Waals surface area contributed by atoms with Gasteiger partial charge in [-0.2, -0.15) is 0 Å². The van der Waals surface area contributed by atoms with Crippen molar-refractivity contribution in [3.05, 3.63) is 223 Å². The molecule has 1 heteroatoms. The van der Waals surface area contributed by atoms with Gasteiger partial charge in [-0.25, -0.2) is 0 Å². The Bertz CT molecular complexity index is 3360. The molecule has 0 radical (unpaired) electrons. The Morgan fingerprint density at radius 2 is 0.750 bits per heavy atom. The zero-order valence-corrected chi connectivity index (χ0v) is 43.0. The van der Waals surface area contributed by atoms with Gasteiger partial charge in [-0.3, -0.25) is 0 Å². The van der Waals surface area contributed by atoms with Crippen molar-refractivity contribution in [3.8, 4) is 44.5 Å². The molecule has 0 atom stereocenters. The third-order valence-corrected chi connectivity index (χ3v) is 15.2. The fourth-order valence-electron chi connectivity index (χ4n) is 11.3. The van der Waals surface area contributed by atoms with Crippen LogP contribution < -0.4 is 4.90 Å². The van der Waals surface area contributed by atoms with Crippen LogP contribution in [0, 0.1) is 6.92 Å². The first-order valence-corrected chi connectivity index (χ1v) is 27.3. The zero-order chi connectivity index (χ0) is 49.1. The van der Waals surface area contributed by atoms with Crippen molar-refractivity contribution in [1.82, 2.24) is 0 Å². The average molecular weight is 938 g/mol. The van der Waals surface area contributed by atoms with Crippen LogP contribution in [0.25, 0.3) is 76.8 Å². The first-order valence-electron chi connectivity index (χ1n) is 27.3. The number of benzene rings is 10. The minimum atomic E-state index is 1.07. The molecule has 0 spiro atoms. The molecule has 360 valence electrons. The molecule has 0 unspecified atom stereocenters. The molecule has 1 nitrogen and oxygen atoms in total. The van der Waals surface area contributed by atoms with Crippen molar-refractivity contribution >= 4 is 49.4 Å². The molecule has 0 N–H and O–H groups in total. The second kappa shape index (κ2) is 23.3. The first-order chi connectivity index (χ1) is 35.6. The summed E-state index contributed by atoms with van der Waals surface area (Å²) in [7, 11) is 0. The topological polar surface area (TPSA) is 3.24 Å². The van der Waals surface area contributed by atoms with Crippen LogP contribution >= 0.6 is 0 Å². The molecule has 10 rings (SSSR count). The fraction of sp³-hybridized carbons (Fsp3) is 0.239. The highest BCUT2D eigenvalue weighted by Crippen LogP contribution is 2.45. The van der Waals surface area contributed by atoms with Gasteiger partial charge in [0, 0.05) is 17.1 Å². The van der Waals surface area contributed by atoms with Gasteiger partial charge in [-0.05, 0) is 169 Å². The van der Waals surface area contributed by atoms with Crippen molar-refractivity contribution < 1.29 is 0 Å². The molecular formula is C71H71N. The largest absolute Gasteiger partial charge is 0.311 e. The minimum Gasteiger partial charge on any atom is -0.311 e. The highest BCUT2D eigenvalue weighted by molar-refractivity contribution is 6.12. The Morgan fingerprint density at radius 1 is 0.306 bits per heavy atom. The molecule has 72 heavy (non-hydrogen) atoms. The highest BCUT2D eigenvalue weighted by Gasteiger charge is 2.21. The number of nitrogens with zero attached hydrogens (tertiary/aromatic N) is 1. The molecule has 0 saturated carbocycles. The Morgan fingerprint density at radius 3 is 1.36 bits per heavy atom. The van der Waals surface area contributed by atoms with Crippen LogP contribution in [0.4, 0.5) is 17.1 Å². The Hall–Kier alpha value is -7.22. The molecule has 0 aliphatic rings. The summed E-state index contributed by atoms with van der Waals surface area (Å²) in [5, 5.41) is 7.98. The minimum absolute atomic E-state index is 1.07. The average Bonchev–Trinajstić information content (AvgIpc) is 3.44. The third kappa shape index (κ3) is 10.7. The Labute approximate surface area is 430 Å². The van der Waals surface area contributed by atoms with Crippen LogP contribution in [-0.2, 0) is 12.8 Å². The lowest BCUT2D eigenvalue weighted by atomic mass is 9.82. The van der Waals surface area contributed by atoms with Crippen LogP contribution in [0.1, 0.15) is 108 Å². The number of aryl methyl sites for hydroxylation is 3. The predicted octanol–water partition coefficient (Wildman–Crippen LogP) is 21.4. The van der Waals surface area contributed by atoms with Crippen molar-refractivity contribution in [1.29, 1.82) is 0 Å². The summed E-state index contributed by atoms with van der Waals surface area (Å²) >= 11 is 0. The molecule has 0 bridgehead atoms. The number of hydrogen-bond acceptors (Lipinski definition) is 1. The lowest BCUT2D eigenvalue weighted by Crippen LogP contribution is -2.09. The van der Waals surface area contributed by atoms with Crippen molar-refractivity contribution in [3.63, 3.8) is 0 Å². The summed E-state index contributed by atoms with van der Waals surface area (Å²) in [6, 6.07) is 77.4. The van der Waals surface area contributed by atoms with Gasteiger partial charge < -0.3 is 4.90 Å². The maximum absolute atomic E-state index is 2.59. The van der Waals surface area contributed by atoms with Gasteiger partial charge in [0.25, 0.3) is 0 Å². The van der Waals surface area contributed by atoms with Gasteiger partial charge in [0.1, 0.15) is 0 Å². The molecule has 10 aromatic carbocycles. The van der Waals surface area contributed by atoms with E-state index in [9.17, 15) is 0 Å². The van der Waals surface area contributed by atoms with Crippen LogP contribution in [0.2, 0.25) is 0 Å². The Kier molecular flexibility index (Phi) is 15.7. The maximum atomic E-state index is 2.59. The van der Waals surface area contributed by atoms with Gasteiger partial charge in [-0.1, -0.05) is 242 Å². The monoisotopic (exact) mass is 938 g/mol. The van der Waals surface area contributed by atoms with E-state index in [0.29, 0.717) is 0 Å². The lowest BCUT2D eigenvalue weighted by molar-refractivity contribution is 0.607. The van der Waals surface area contributed by atoms with E-state index in [1.54, 1.807) is 0 Å². The van der Waals surface area contributed by atoms with Gasteiger partial charge >= 0.3 is 0 Å². The van der Waals surface area contributed by atoms with Crippen LogP contribution in [0.3, 0.4) is 0 Å². The number of hydrogen-bond donors (Lipinski definition) is 0. The second-order valence-corrected chi connectivity index (χ2v) is 20.2. The normalized spacial score (nSPS) is 11.5. The summed E-state index contributed by atoms with van der Waals surface area (Å²) < 4.78 is 0. The molecule has 0 heterocycles. The number of fused-ring (bicyclic) bond motifs is 3. The molecule has 0 saturated heterocycles. The fourth-order valence-corrected chi connectivity index (χ4v) is 11.3. The maximum Gasteiger partial charge on any atom is 0.0462 e. The molecular weight excluding hydrogens is 867 g/mol. The van der Waals surface area contributed by atoms with E-state index in [1.807, 2.05) is 0 Å². The molecule has 0 amide bonds. The standard InChI is InChI=1S/C71H71N/c1-4-6-8-10-12-15-28-58-37-36-55-27-19-20-31-65(55)70(58)71-59(29-16-13-11-9-7-5-2)51-69(67-33-23-24-34-68(67)71)57-42-48-62(49-43-57)72(60-44-38-54(39-45-60)53-25-17-14-18-26-53)61-46-40-56(41-47-61)64-50-35-52(3)63-30-21-22-32-66(63)64/h14,17-27,30-51H,4-13,15-16,28-29H2,1-3H3. The van der Waals surface area contributed by atoms with E-state index in [4.69, 9.17) is 0 Å². The molecule has 0 aliphatic heterocycles. The summed E-state index contributed by atoms with van der Waals surface area (Å²) in [6.45, 7) is 6.83. The van der Waals surface area contributed by atoms with E-state index < -0.39 is 0 Å². The summed E-state index contributed by atoms with van der Waals surface area (Å²) in [4.78, 5) is 2.41. The van der Waals surface area contributed by atoms with E-state index >= 15 is 0 Å². The molecule has 0 aromatic heterocycles. The van der Waals surface area contributed by atoms with Gasteiger partial charge in [-0.15, -0.1) is 0 Å². The van der Waals surface area contributed by atoms with Crippen molar-refractivity contribution in [2.45, 2.75) is 111 Å². The SMILES string of the molecule is CCCCCCCCc1ccc2ccccc2c1-c1c(CCCCCCCC)cc(-c2ccc(N(c3ccc(-c4ccccc4)cc3)c3ccc(-c4ccc(C)c5ccccc45)cc3)cc2)c2ccccc12. The third-order valence-electron chi connectivity index (χ3n) is 15.2. The first kappa shape index (κ1) is 48.4. The molecule has 0 fully saturated rings. The van der Waals surface area contributed by atoms with Crippen LogP contribution in [0.5, 0.6) is 0 Å². The molecule has 0 aliphatic carbocycles. The smallest absolute Gasteiger partial charge is 0.0462 e. The van der Waals surface area contributed by atoms with Crippen LogP contribution in [-0.4, -0.2) is 0 Å². The summed E-state index contributed by atoms with van der Waals surface area (Å²) in [5.74, 6) is 0. The summed E-state index contributed by atoms with van der Waals surface area (Å²) in [5.41, 5.74) is 18.0. The zero-order valence-electron chi connectivity index (χ0n) is 43.0. The predicted molar refractivity (Wildman–Crippen MR) is 314 cm³/mol. The lowest BCUT2D eigenvalue weighted by Gasteiger charge is -2.26. The van der Waals surface area contributed by atoms with E-state index in [-0.39, 0.29) is 0 Å². The Balaban J connectivity index is 1.06. The highest BCUT2D eigenvalue weighted by atomic mass is 15.1. The van der Waals surface area contributed by atoms with Crippen molar-refractivity contribution in [2.24, 2.45) is 0 Å². The van der Waals surface area contributed by atoms with E-state index in [0.717, 1.165) is 29.9 Å².